The molecule has 82 valence electrons. The predicted octanol–water partition coefficient (Wildman–Crippen LogP) is 2.24. The van der Waals surface area contributed by atoms with Crippen molar-refractivity contribution < 1.29 is 0 Å². The highest BCUT2D eigenvalue weighted by atomic mass is 35.5. The van der Waals surface area contributed by atoms with Crippen LogP contribution < -0.4 is 5.32 Å². The van der Waals surface area contributed by atoms with Crippen LogP contribution in [0.3, 0.4) is 0 Å². The third-order valence-electron chi connectivity index (χ3n) is 2.79. The second kappa shape index (κ2) is 4.81. The molecule has 1 fully saturated rings. The first-order valence-electron chi connectivity index (χ1n) is 5.32. The molecule has 1 saturated heterocycles. The highest BCUT2D eigenvalue weighted by Crippen LogP contribution is 2.15. The molecule has 1 aromatic rings. The summed E-state index contributed by atoms with van der Waals surface area (Å²) in [6.45, 7) is 2.30. The molecule has 1 aliphatic heterocycles. The van der Waals surface area contributed by atoms with E-state index in [0.717, 1.165) is 18.9 Å². The molecule has 0 atom stereocenters. The maximum absolute atomic E-state index is 5.83. The SMILES string of the molecule is CN1CCC(Nc2cccc(Cl)n2)CC1. The third-order valence-corrected chi connectivity index (χ3v) is 3.00. The Labute approximate surface area is 95.4 Å². The van der Waals surface area contributed by atoms with Gasteiger partial charge in [0.2, 0.25) is 0 Å². The average molecular weight is 226 g/mol. The van der Waals surface area contributed by atoms with Gasteiger partial charge in [0.25, 0.3) is 0 Å². The normalized spacial score (nSPS) is 19.1. The lowest BCUT2D eigenvalue weighted by Crippen LogP contribution is -2.36. The highest BCUT2D eigenvalue weighted by Gasteiger charge is 2.16. The summed E-state index contributed by atoms with van der Waals surface area (Å²) in [4.78, 5) is 6.58. The lowest BCUT2D eigenvalue weighted by atomic mass is 10.1. The van der Waals surface area contributed by atoms with E-state index in [1.807, 2.05) is 12.1 Å². The highest BCUT2D eigenvalue weighted by molar-refractivity contribution is 6.29. The maximum atomic E-state index is 5.83. The van der Waals surface area contributed by atoms with Gasteiger partial charge in [0.1, 0.15) is 11.0 Å². The summed E-state index contributed by atoms with van der Waals surface area (Å²) >= 11 is 5.83. The second-order valence-corrected chi connectivity index (χ2v) is 4.45. The molecule has 1 aliphatic rings. The van der Waals surface area contributed by atoms with Crippen molar-refractivity contribution in [1.29, 1.82) is 0 Å². The number of nitrogens with zero attached hydrogens (tertiary/aromatic N) is 2. The molecule has 0 unspecified atom stereocenters. The van der Waals surface area contributed by atoms with Crippen molar-refractivity contribution in [3.8, 4) is 0 Å². The minimum atomic E-state index is 0.534. The summed E-state index contributed by atoms with van der Waals surface area (Å²) in [5.41, 5.74) is 0. The number of rotatable bonds is 2. The molecule has 1 aromatic heterocycles. The number of hydrogen-bond donors (Lipinski definition) is 1. The van der Waals surface area contributed by atoms with Crippen LogP contribution in [-0.2, 0) is 0 Å². The summed E-state index contributed by atoms with van der Waals surface area (Å²) in [6.07, 6.45) is 2.34. The molecule has 2 heterocycles. The molecule has 0 radical (unpaired) electrons. The van der Waals surface area contributed by atoms with E-state index >= 15 is 0 Å². The van der Waals surface area contributed by atoms with Crippen molar-refractivity contribution in [2.24, 2.45) is 0 Å². The van der Waals surface area contributed by atoms with Gasteiger partial charge < -0.3 is 10.2 Å². The molecule has 15 heavy (non-hydrogen) atoms. The van der Waals surface area contributed by atoms with Gasteiger partial charge in [0.15, 0.2) is 0 Å². The summed E-state index contributed by atoms with van der Waals surface area (Å²) in [5.74, 6) is 0.886. The first kappa shape index (κ1) is 10.7. The van der Waals surface area contributed by atoms with Crippen molar-refractivity contribution >= 4 is 17.4 Å². The van der Waals surface area contributed by atoms with Crippen molar-refractivity contribution in [3.05, 3.63) is 23.4 Å². The number of anilines is 1. The van der Waals surface area contributed by atoms with Crippen LogP contribution in [0.2, 0.25) is 5.15 Å². The zero-order chi connectivity index (χ0) is 10.7. The summed E-state index contributed by atoms with van der Waals surface area (Å²) in [5, 5.41) is 3.97. The molecule has 4 heteroatoms. The van der Waals surface area contributed by atoms with E-state index in [-0.39, 0.29) is 0 Å². The third kappa shape index (κ3) is 3.08. The Kier molecular flexibility index (Phi) is 3.44. The van der Waals surface area contributed by atoms with Gasteiger partial charge in [-0.3, -0.25) is 0 Å². The van der Waals surface area contributed by atoms with E-state index in [9.17, 15) is 0 Å². The summed E-state index contributed by atoms with van der Waals surface area (Å²) in [6, 6.07) is 6.21. The first-order valence-corrected chi connectivity index (χ1v) is 5.69. The van der Waals surface area contributed by atoms with E-state index in [2.05, 4.69) is 22.2 Å². The Morgan fingerprint density at radius 3 is 2.80 bits per heavy atom. The molecule has 1 N–H and O–H groups in total. The Morgan fingerprint density at radius 1 is 1.40 bits per heavy atom. The fourth-order valence-electron chi connectivity index (χ4n) is 1.85. The van der Waals surface area contributed by atoms with Crippen LogP contribution in [0.5, 0.6) is 0 Å². The molecule has 0 aliphatic carbocycles. The van der Waals surface area contributed by atoms with E-state index < -0.39 is 0 Å². The maximum Gasteiger partial charge on any atom is 0.131 e. The molecule has 3 nitrogen and oxygen atoms in total. The van der Waals surface area contributed by atoms with E-state index in [1.54, 1.807) is 6.07 Å². The van der Waals surface area contributed by atoms with E-state index in [0.29, 0.717) is 11.2 Å². The van der Waals surface area contributed by atoms with Crippen LogP contribution in [0.25, 0.3) is 0 Å². The summed E-state index contributed by atoms with van der Waals surface area (Å²) < 4.78 is 0. The smallest absolute Gasteiger partial charge is 0.131 e. The number of nitrogens with one attached hydrogen (secondary N) is 1. The zero-order valence-electron chi connectivity index (χ0n) is 8.91. The predicted molar refractivity (Wildman–Crippen MR) is 63.4 cm³/mol. The largest absolute Gasteiger partial charge is 0.367 e. The Bertz CT molecular complexity index is 321. The number of halogens is 1. The molecular weight excluding hydrogens is 210 g/mol. The molecule has 0 aromatic carbocycles. The van der Waals surface area contributed by atoms with Crippen LogP contribution >= 0.6 is 11.6 Å². The molecular formula is C11H16ClN3. The van der Waals surface area contributed by atoms with E-state index in [4.69, 9.17) is 11.6 Å². The standard InChI is InChI=1S/C11H16ClN3/c1-15-7-5-9(6-8-15)13-11-4-2-3-10(12)14-11/h2-4,9H,5-8H2,1H3,(H,13,14). The van der Waals surface area contributed by atoms with Gasteiger partial charge in [-0.1, -0.05) is 17.7 Å². The Hall–Kier alpha value is -0.800. The molecule has 0 spiro atoms. The lowest BCUT2D eigenvalue weighted by Gasteiger charge is -2.29. The minimum absolute atomic E-state index is 0.534. The Balaban J connectivity index is 1.92. The van der Waals surface area contributed by atoms with Crippen molar-refractivity contribution in [1.82, 2.24) is 9.88 Å². The molecule has 0 amide bonds. The van der Waals surface area contributed by atoms with Crippen molar-refractivity contribution in [2.75, 3.05) is 25.5 Å². The van der Waals surface area contributed by atoms with Gasteiger partial charge in [0.05, 0.1) is 0 Å². The molecule has 0 bridgehead atoms. The quantitative estimate of drug-likeness (QED) is 0.783. The van der Waals surface area contributed by atoms with Gasteiger partial charge in [0, 0.05) is 6.04 Å². The van der Waals surface area contributed by atoms with Gasteiger partial charge in [-0.25, -0.2) is 4.98 Å². The monoisotopic (exact) mass is 225 g/mol. The number of aromatic nitrogens is 1. The second-order valence-electron chi connectivity index (χ2n) is 4.07. The zero-order valence-corrected chi connectivity index (χ0v) is 9.67. The van der Waals surface area contributed by atoms with Crippen LogP contribution in [0.4, 0.5) is 5.82 Å². The number of piperidine rings is 1. The van der Waals surface area contributed by atoms with Gasteiger partial charge >= 0.3 is 0 Å². The molecule has 0 saturated carbocycles. The fraction of sp³-hybridized carbons (Fsp3) is 0.545. The number of likely N-dealkylation sites (tertiary alicyclic amines) is 1. The minimum Gasteiger partial charge on any atom is -0.367 e. The van der Waals surface area contributed by atoms with Crippen LogP contribution in [0, 0.1) is 0 Å². The van der Waals surface area contributed by atoms with Gasteiger partial charge in [-0.05, 0) is 45.1 Å². The van der Waals surface area contributed by atoms with Gasteiger partial charge in [-0.2, -0.15) is 0 Å². The van der Waals surface area contributed by atoms with Gasteiger partial charge in [-0.15, -0.1) is 0 Å². The fourth-order valence-corrected chi connectivity index (χ4v) is 2.01. The van der Waals surface area contributed by atoms with Crippen LogP contribution in [-0.4, -0.2) is 36.1 Å². The Morgan fingerprint density at radius 2 is 2.13 bits per heavy atom. The topological polar surface area (TPSA) is 28.2 Å². The number of hydrogen-bond acceptors (Lipinski definition) is 3. The van der Waals surface area contributed by atoms with Crippen molar-refractivity contribution in [3.63, 3.8) is 0 Å². The van der Waals surface area contributed by atoms with Crippen molar-refractivity contribution in [2.45, 2.75) is 18.9 Å². The molecule has 2 rings (SSSR count). The lowest BCUT2D eigenvalue weighted by molar-refractivity contribution is 0.263. The summed E-state index contributed by atoms with van der Waals surface area (Å²) in [7, 11) is 2.16. The average Bonchev–Trinajstić information content (AvgIpc) is 2.22. The first-order chi connectivity index (χ1) is 7.24. The number of pyridine rings is 1. The van der Waals surface area contributed by atoms with Crippen LogP contribution in [0.15, 0.2) is 18.2 Å². The van der Waals surface area contributed by atoms with E-state index in [1.165, 1.54) is 12.8 Å². The van der Waals surface area contributed by atoms with Crippen LogP contribution in [0.1, 0.15) is 12.8 Å².